The minimum Gasteiger partial charge on any atom is -0.0683 e. The molecule has 0 aromatic heterocycles. The zero-order valence-electron chi connectivity index (χ0n) is 50.8. The fourth-order valence-corrected chi connectivity index (χ4v) is 6.19. The molecule has 396 valence electrons. The molecule has 0 saturated carbocycles. The summed E-state index contributed by atoms with van der Waals surface area (Å²) in [5.74, 6) is 0. The third kappa shape index (κ3) is 29.8. The topological polar surface area (TPSA) is 0 Å². The van der Waals surface area contributed by atoms with E-state index in [1.54, 1.807) is 0 Å². The summed E-state index contributed by atoms with van der Waals surface area (Å²) in [6.07, 6.45) is 0. The lowest BCUT2D eigenvalue weighted by molar-refractivity contribution is 1.50. The van der Waals surface area contributed by atoms with E-state index in [0.29, 0.717) is 0 Å². The summed E-state index contributed by atoms with van der Waals surface area (Å²) in [5.41, 5.74) is 15.0. The predicted molar refractivity (Wildman–Crippen MR) is 342 cm³/mol. The van der Waals surface area contributed by atoms with Gasteiger partial charge in [0, 0.05) is 0 Å². The first-order chi connectivity index (χ1) is 35.8. The Bertz CT molecular complexity index is 2040. The molecule has 0 heteroatoms. The van der Waals surface area contributed by atoms with E-state index in [9.17, 15) is 0 Å². The molecule has 0 heterocycles. The lowest BCUT2D eigenvalue weighted by atomic mass is 9.89. The minimum absolute atomic E-state index is 1.24. The molecule has 0 nitrogen and oxygen atoms in total. The Hall–Kier alpha value is -6.24. The molecule has 0 unspecified atom stereocenters. The largest absolute Gasteiger partial charge is 0.0683 e. The van der Waals surface area contributed by atoms with Gasteiger partial charge < -0.3 is 0 Å². The van der Waals surface area contributed by atoms with E-state index >= 15 is 0 Å². The molecule has 8 rings (SSSR count). The van der Waals surface area contributed by atoms with Crippen molar-refractivity contribution in [2.75, 3.05) is 0 Å². The Labute approximate surface area is 449 Å². The van der Waals surface area contributed by atoms with Crippen LogP contribution in [0.3, 0.4) is 0 Å². The summed E-state index contributed by atoms with van der Waals surface area (Å²) in [5, 5.41) is 0. The molecule has 0 fully saturated rings. The molecule has 0 atom stereocenters. The summed E-state index contributed by atoms with van der Waals surface area (Å²) in [4.78, 5) is 0. The molecule has 72 heavy (non-hydrogen) atoms. The molecule has 0 amide bonds. The van der Waals surface area contributed by atoms with Crippen molar-refractivity contribution in [3.63, 3.8) is 0 Å². The van der Waals surface area contributed by atoms with E-state index in [2.05, 4.69) is 218 Å². The fourth-order valence-electron chi connectivity index (χ4n) is 6.19. The van der Waals surface area contributed by atoms with Crippen molar-refractivity contribution in [1.82, 2.24) is 0 Å². The average Bonchev–Trinajstić information content (AvgIpc) is 3.54. The highest BCUT2D eigenvalue weighted by Crippen LogP contribution is 2.38. The van der Waals surface area contributed by atoms with Gasteiger partial charge in [0.15, 0.2) is 0 Å². The quantitative estimate of drug-likeness (QED) is 0.156. The smallest absolute Gasteiger partial charge is 0.00992 e. The Morgan fingerprint density at radius 3 is 0.500 bits per heavy atom. The maximum atomic E-state index is 2.26. The lowest BCUT2D eigenvalue weighted by Crippen LogP contribution is -1.88. The van der Waals surface area contributed by atoms with Gasteiger partial charge in [-0.05, 0) is 78.9 Å². The van der Waals surface area contributed by atoms with E-state index in [1.165, 1.54) is 66.8 Å². The van der Waals surface area contributed by atoms with Crippen LogP contribution in [0.15, 0.2) is 218 Å². The van der Waals surface area contributed by atoms with Crippen molar-refractivity contribution >= 4 is 0 Å². The van der Waals surface area contributed by atoms with Gasteiger partial charge in [0.25, 0.3) is 0 Å². The average molecular weight is 974 g/mol. The van der Waals surface area contributed by atoms with Crippen molar-refractivity contribution in [3.8, 4) is 66.8 Å². The highest BCUT2D eigenvalue weighted by Gasteiger charge is 2.11. The van der Waals surface area contributed by atoms with Gasteiger partial charge in [-0.2, -0.15) is 0 Å². The summed E-state index contributed by atoms with van der Waals surface area (Å²) in [6, 6.07) is 77.0. The summed E-state index contributed by atoms with van der Waals surface area (Å²) < 4.78 is 0. The van der Waals surface area contributed by atoms with Crippen LogP contribution in [-0.4, -0.2) is 0 Å². The fraction of sp³-hybridized carbons (Fsp3) is 0.333. The first-order valence-corrected chi connectivity index (χ1v) is 28.4. The summed E-state index contributed by atoms with van der Waals surface area (Å²) in [6.45, 7) is 48.0. The van der Waals surface area contributed by atoms with Crippen molar-refractivity contribution in [2.24, 2.45) is 0 Å². The Morgan fingerprint density at radius 2 is 0.278 bits per heavy atom. The first-order valence-electron chi connectivity index (χ1n) is 28.4. The predicted octanol–water partition coefficient (Wildman–Crippen LogP) is 25.7. The Morgan fingerprint density at radius 1 is 0.125 bits per heavy atom. The standard InChI is InChI=1S/2C24H18.12C2H6/c1-3-11-19(12-4-1)21-15-7-9-17-23(21)24-18-10-8-16-22(24)20-13-5-2-6-14-20;1-3-9-19(10-4-1)21-13-7-15-23(17-21)24-16-8-14-22(18-24)20-11-5-2-6-12-20;12*1-2/h2*1-18H;12*1-2H3. The number of rotatable bonds is 6. The van der Waals surface area contributed by atoms with Gasteiger partial charge in [-0.3, -0.25) is 0 Å². The van der Waals surface area contributed by atoms with Crippen molar-refractivity contribution in [1.29, 1.82) is 0 Å². The molecule has 0 aliphatic heterocycles. The summed E-state index contributed by atoms with van der Waals surface area (Å²) in [7, 11) is 0. The van der Waals surface area contributed by atoms with E-state index in [-0.39, 0.29) is 0 Å². The number of hydrogen-bond donors (Lipinski definition) is 0. The Balaban J connectivity index is -0.000000214. The van der Waals surface area contributed by atoms with Crippen LogP contribution in [0, 0.1) is 0 Å². The Kier molecular flexibility index (Phi) is 65.3. The van der Waals surface area contributed by atoms with Crippen LogP contribution in [0.4, 0.5) is 0 Å². The highest BCUT2D eigenvalue weighted by molar-refractivity contribution is 5.91. The molecule has 0 saturated heterocycles. The van der Waals surface area contributed by atoms with Gasteiger partial charge in [-0.1, -0.05) is 372 Å². The maximum absolute atomic E-state index is 2.26. The first kappa shape index (κ1) is 77.2. The van der Waals surface area contributed by atoms with Crippen LogP contribution in [0.1, 0.15) is 166 Å². The van der Waals surface area contributed by atoms with Crippen LogP contribution >= 0.6 is 0 Å². The van der Waals surface area contributed by atoms with Crippen molar-refractivity contribution < 1.29 is 0 Å². The van der Waals surface area contributed by atoms with Gasteiger partial charge in [-0.15, -0.1) is 0 Å². The van der Waals surface area contributed by atoms with Crippen molar-refractivity contribution in [2.45, 2.75) is 166 Å². The van der Waals surface area contributed by atoms with Crippen LogP contribution in [-0.2, 0) is 0 Å². The van der Waals surface area contributed by atoms with E-state index in [1.807, 2.05) is 166 Å². The molecular formula is C72H108. The normalized spacial score (nSPS) is 8.00. The van der Waals surface area contributed by atoms with Gasteiger partial charge >= 0.3 is 0 Å². The van der Waals surface area contributed by atoms with Crippen molar-refractivity contribution in [3.05, 3.63) is 218 Å². The van der Waals surface area contributed by atoms with Crippen LogP contribution in [0.2, 0.25) is 0 Å². The van der Waals surface area contributed by atoms with E-state index in [4.69, 9.17) is 0 Å². The molecule has 0 N–H and O–H groups in total. The third-order valence-corrected chi connectivity index (χ3v) is 8.59. The van der Waals surface area contributed by atoms with Crippen LogP contribution in [0.25, 0.3) is 66.8 Å². The number of hydrogen-bond acceptors (Lipinski definition) is 0. The van der Waals surface area contributed by atoms with Gasteiger partial charge in [0.05, 0.1) is 0 Å². The molecule has 0 bridgehead atoms. The van der Waals surface area contributed by atoms with E-state index < -0.39 is 0 Å². The van der Waals surface area contributed by atoms with Gasteiger partial charge in [-0.25, -0.2) is 0 Å². The second-order valence-electron chi connectivity index (χ2n) is 11.7. The SMILES string of the molecule is CC.CC.CC.CC.CC.CC.CC.CC.CC.CC.CC.CC.c1ccc(-c2cccc(-c3cccc(-c4ccccc4)c3)c2)cc1.c1ccc(-c2ccccc2-c2ccccc2-c2ccccc2)cc1. The molecular weight excluding hydrogens is 865 g/mol. The van der Waals surface area contributed by atoms with Crippen LogP contribution < -0.4 is 0 Å². The van der Waals surface area contributed by atoms with Gasteiger partial charge in [0.2, 0.25) is 0 Å². The minimum atomic E-state index is 1.24. The summed E-state index contributed by atoms with van der Waals surface area (Å²) >= 11 is 0. The molecule has 0 aliphatic rings. The molecule has 8 aromatic carbocycles. The lowest BCUT2D eigenvalue weighted by Gasteiger charge is -2.14. The number of benzene rings is 8. The van der Waals surface area contributed by atoms with Gasteiger partial charge in [0.1, 0.15) is 0 Å². The molecule has 8 aromatic rings. The maximum Gasteiger partial charge on any atom is -0.00992 e. The molecule has 0 radical (unpaired) electrons. The monoisotopic (exact) mass is 973 g/mol. The third-order valence-electron chi connectivity index (χ3n) is 8.59. The molecule has 0 aliphatic carbocycles. The molecule has 0 spiro atoms. The van der Waals surface area contributed by atoms with Crippen LogP contribution in [0.5, 0.6) is 0 Å². The zero-order chi connectivity index (χ0) is 56.4. The second kappa shape index (κ2) is 60.9. The van der Waals surface area contributed by atoms with E-state index in [0.717, 1.165) is 0 Å². The zero-order valence-corrected chi connectivity index (χ0v) is 50.8. The highest BCUT2D eigenvalue weighted by atomic mass is 14.1. The second-order valence-corrected chi connectivity index (χ2v) is 11.7.